The summed E-state index contributed by atoms with van der Waals surface area (Å²) in [5.41, 5.74) is 1.93. The smallest absolute Gasteiger partial charge is 0.248 e. The average molecular weight is 341 g/mol. The highest BCUT2D eigenvalue weighted by molar-refractivity contribution is 5.77. The Morgan fingerprint density at radius 3 is 2.76 bits per heavy atom. The van der Waals surface area contributed by atoms with Gasteiger partial charge in [-0.15, -0.1) is 0 Å². The third-order valence-electron chi connectivity index (χ3n) is 4.49. The first-order valence-corrected chi connectivity index (χ1v) is 8.45. The van der Waals surface area contributed by atoms with Crippen molar-refractivity contribution in [2.75, 3.05) is 33.9 Å². The first kappa shape index (κ1) is 17.4. The van der Waals surface area contributed by atoms with E-state index in [1.165, 1.54) is 0 Å². The zero-order valence-electron chi connectivity index (χ0n) is 14.6. The van der Waals surface area contributed by atoms with E-state index in [-0.39, 0.29) is 18.4 Å². The number of likely N-dealkylation sites (tertiary alicyclic amines) is 1. The number of benzene rings is 1. The standard InChI is InChI=1S/C19H23N3O3/c1-24-13-18(23)22-11-3-4-15(12-22)17-9-10-20-19(21-17)14-5-7-16(25-2)8-6-14/h5-10,15H,3-4,11-13H2,1-2H3/t15-/m0/s1. The van der Waals surface area contributed by atoms with Gasteiger partial charge in [0.05, 0.1) is 7.11 Å². The third kappa shape index (κ3) is 4.14. The van der Waals surface area contributed by atoms with Gasteiger partial charge in [0.25, 0.3) is 0 Å². The third-order valence-corrected chi connectivity index (χ3v) is 4.49. The van der Waals surface area contributed by atoms with Gasteiger partial charge in [0, 0.05) is 43.6 Å². The number of carbonyl (C=O) groups is 1. The van der Waals surface area contributed by atoms with Gasteiger partial charge in [-0.25, -0.2) is 9.97 Å². The summed E-state index contributed by atoms with van der Waals surface area (Å²) >= 11 is 0. The molecule has 2 aromatic rings. The molecular formula is C19H23N3O3. The SMILES string of the molecule is COCC(=O)N1CCC[C@H](c2ccnc(-c3ccc(OC)cc3)n2)C1. The summed E-state index contributed by atoms with van der Waals surface area (Å²) in [5.74, 6) is 1.77. The maximum Gasteiger partial charge on any atom is 0.248 e. The van der Waals surface area contributed by atoms with Crippen LogP contribution in [-0.4, -0.2) is 54.7 Å². The molecule has 0 N–H and O–H groups in total. The Labute approximate surface area is 147 Å². The number of piperidine rings is 1. The van der Waals surface area contributed by atoms with Gasteiger partial charge in [-0.05, 0) is 43.2 Å². The van der Waals surface area contributed by atoms with Crippen molar-refractivity contribution in [2.45, 2.75) is 18.8 Å². The second kappa shape index (κ2) is 8.07. The fourth-order valence-electron chi connectivity index (χ4n) is 3.14. The van der Waals surface area contributed by atoms with Gasteiger partial charge in [-0.1, -0.05) is 0 Å². The summed E-state index contributed by atoms with van der Waals surface area (Å²) in [4.78, 5) is 23.1. The van der Waals surface area contributed by atoms with Gasteiger partial charge >= 0.3 is 0 Å². The maximum absolute atomic E-state index is 12.1. The van der Waals surface area contributed by atoms with Crippen LogP contribution in [0.4, 0.5) is 0 Å². The first-order valence-electron chi connectivity index (χ1n) is 8.45. The summed E-state index contributed by atoms with van der Waals surface area (Å²) in [5, 5.41) is 0. The molecule has 25 heavy (non-hydrogen) atoms. The minimum atomic E-state index is 0.0385. The van der Waals surface area contributed by atoms with Gasteiger partial charge in [0.2, 0.25) is 5.91 Å². The summed E-state index contributed by atoms with van der Waals surface area (Å²) in [7, 11) is 3.19. The van der Waals surface area contributed by atoms with Crippen molar-refractivity contribution in [1.29, 1.82) is 0 Å². The Morgan fingerprint density at radius 2 is 2.04 bits per heavy atom. The highest BCUT2D eigenvalue weighted by atomic mass is 16.5. The lowest BCUT2D eigenvalue weighted by molar-refractivity contribution is -0.136. The molecule has 0 aliphatic carbocycles. The van der Waals surface area contributed by atoms with Crippen molar-refractivity contribution >= 4 is 5.91 Å². The van der Waals surface area contributed by atoms with Crippen molar-refractivity contribution in [1.82, 2.24) is 14.9 Å². The zero-order chi connectivity index (χ0) is 17.6. The fraction of sp³-hybridized carbons (Fsp3) is 0.421. The molecule has 2 heterocycles. The monoisotopic (exact) mass is 341 g/mol. The number of ether oxygens (including phenoxy) is 2. The summed E-state index contributed by atoms with van der Waals surface area (Å²) in [6, 6.07) is 9.65. The van der Waals surface area contributed by atoms with Crippen LogP contribution in [0.5, 0.6) is 5.75 Å². The molecule has 6 heteroatoms. The van der Waals surface area contributed by atoms with Gasteiger partial charge in [-0.3, -0.25) is 4.79 Å². The summed E-state index contributed by atoms with van der Waals surface area (Å²) in [6.07, 6.45) is 3.79. The molecule has 0 radical (unpaired) electrons. The van der Waals surface area contributed by atoms with Gasteiger partial charge in [-0.2, -0.15) is 0 Å². The zero-order valence-corrected chi connectivity index (χ0v) is 14.6. The average Bonchev–Trinajstić information content (AvgIpc) is 2.68. The molecule has 1 aliphatic rings. The minimum absolute atomic E-state index is 0.0385. The van der Waals surface area contributed by atoms with Crippen LogP contribution >= 0.6 is 0 Å². The van der Waals surface area contributed by atoms with Crippen LogP contribution in [0.15, 0.2) is 36.5 Å². The minimum Gasteiger partial charge on any atom is -0.497 e. The van der Waals surface area contributed by atoms with Crippen molar-refractivity contribution in [3.8, 4) is 17.1 Å². The lowest BCUT2D eigenvalue weighted by Crippen LogP contribution is -2.41. The molecule has 1 saturated heterocycles. The van der Waals surface area contributed by atoms with E-state index in [4.69, 9.17) is 14.5 Å². The van der Waals surface area contributed by atoms with Crippen LogP contribution in [0, 0.1) is 0 Å². The molecule has 1 atom stereocenters. The van der Waals surface area contributed by atoms with Crippen LogP contribution < -0.4 is 4.74 Å². The molecular weight excluding hydrogens is 318 g/mol. The van der Waals surface area contributed by atoms with E-state index < -0.39 is 0 Å². The molecule has 0 bridgehead atoms. The van der Waals surface area contributed by atoms with Crippen LogP contribution in [0.2, 0.25) is 0 Å². The van der Waals surface area contributed by atoms with E-state index in [1.807, 2.05) is 35.2 Å². The summed E-state index contributed by atoms with van der Waals surface area (Å²) < 4.78 is 10.2. The number of aromatic nitrogens is 2. The van der Waals surface area contributed by atoms with Crippen LogP contribution in [-0.2, 0) is 9.53 Å². The molecule has 1 amide bonds. The number of methoxy groups -OCH3 is 2. The predicted molar refractivity (Wildman–Crippen MR) is 94.5 cm³/mol. The molecule has 132 valence electrons. The van der Waals surface area contributed by atoms with E-state index in [1.54, 1.807) is 20.4 Å². The Hall–Kier alpha value is -2.47. The van der Waals surface area contributed by atoms with E-state index in [0.29, 0.717) is 12.4 Å². The van der Waals surface area contributed by atoms with E-state index in [2.05, 4.69) is 4.98 Å². The molecule has 3 rings (SSSR count). The van der Waals surface area contributed by atoms with E-state index in [9.17, 15) is 4.79 Å². The predicted octanol–water partition coefficient (Wildman–Crippen LogP) is 2.50. The second-order valence-electron chi connectivity index (χ2n) is 6.15. The fourth-order valence-corrected chi connectivity index (χ4v) is 3.14. The summed E-state index contributed by atoms with van der Waals surface area (Å²) in [6.45, 7) is 1.60. The molecule has 1 fully saturated rings. The molecule has 6 nitrogen and oxygen atoms in total. The van der Waals surface area contributed by atoms with Crippen molar-refractivity contribution in [2.24, 2.45) is 0 Å². The largest absolute Gasteiger partial charge is 0.497 e. The number of amides is 1. The molecule has 1 aromatic carbocycles. The molecule has 0 spiro atoms. The lowest BCUT2D eigenvalue weighted by atomic mass is 9.94. The van der Waals surface area contributed by atoms with Crippen LogP contribution in [0.25, 0.3) is 11.4 Å². The molecule has 0 saturated carbocycles. The van der Waals surface area contributed by atoms with E-state index in [0.717, 1.165) is 36.4 Å². The second-order valence-corrected chi connectivity index (χ2v) is 6.15. The molecule has 1 aliphatic heterocycles. The number of carbonyl (C=O) groups excluding carboxylic acids is 1. The number of hydrogen-bond acceptors (Lipinski definition) is 5. The van der Waals surface area contributed by atoms with Crippen molar-refractivity contribution < 1.29 is 14.3 Å². The van der Waals surface area contributed by atoms with Gasteiger partial charge in [0.15, 0.2) is 5.82 Å². The lowest BCUT2D eigenvalue weighted by Gasteiger charge is -2.32. The van der Waals surface area contributed by atoms with Gasteiger partial charge < -0.3 is 14.4 Å². The van der Waals surface area contributed by atoms with Gasteiger partial charge in [0.1, 0.15) is 12.4 Å². The number of hydrogen-bond donors (Lipinski definition) is 0. The maximum atomic E-state index is 12.1. The van der Waals surface area contributed by atoms with E-state index >= 15 is 0 Å². The Bertz CT molecular complexity index is 718. The Morgan fingerprint density at radius 1 is 1.24 bits per heavy atom. The first-order chi connectivity index (χ1) is 12.2. The topological polar surface area (TPSA) is 64.5 Å². The number of rotatable bonds is 5. The van der Waals surface area contributed by atoms with Crippen LogP contribution in [0.1, 0.15) is 24.5 Å². The van der Waals surface area contributed by atoms with Crippen LogP contribution in [0.3, 0.4) is 0 Å². The number of nitrogens with zero attached hydrogens (tertiary/aromatic N) is 3. The Kier molecular flexibility index (Phi) is 5.60. The highest BCUT2D eigenvalue weighted by Crippen LogP contribution is 2.27. The molecule has 1 aromatic heterocycles. The highest BCUT2D eigenvalue weighted by Gasteiger charge is 2.25. The van der Waals surface area contributed by atoms with Crippen molar-refractivity contribution in [3.05, 3.63) is 42.2 Å². The normalized spacial score (nSPS) is 17.4. The quantitative estimate of drug-likeness (QED) is 0.836. The Balaban J connectivity index is 1.77. The van der Waals surface area contributed by atoms with Crippen molar-refractivity contribution in [3.63, 3.8) is 0 Å². The molecule has 0 unspecified atom stereocenters.